The van der Waals surface area contributed by atoms with Gasteiger partial charge >= 0.3 is 0 Å². The average Bonchev–Trinajstić information content (AvgIpc) is 1.95. The fourth-order valence-corrected chi connectivity index (χ4v) is 4.75. The molecule has 0 amide bonds. The van der Waals surface area contributed by atoms with Crippen LogP contribution in [0.25, 0.3) is 0 Å². The number of hydrogen-bond acceptors (Lipinski definition) is 4. The van der Waals surface area contributed by atoms with Gasteiger partial charge in [0.25, 0.3) is 0 Å². The first-order valence-corrected chi connectivity index (χ1v) is 9.95. The van der Waals surface area contributed by atoms with E-state index in [1.807, 2.05) is 13.8 Å². The second-order valence-electron chi connectivity index (χ2n) is 5.54. The standard InChI is InChI=1S/C12H27O2PS2/c1-9(2)7-11(5)13-15(16,17)14-12(6)8-10(3)4/h9-12H,7-8H2,1-6H3,(H,16,17)/p-1. The summed E-state index contributed by atoms with van der Waals surface area (Å²) in [7, 11) is 0. The molecule has 2 unspecified atom stereocenters. The lowest BCUT2D eigenvalue weighted by molar-refractivity contribution is 0.144. The summed E-state index contributed by atoms with van der Waals surface area (Å²) in [5.41, 5.74) is -2.50. The summed E-state index contributed by atoms with van der Waals surface area (Å²) in [6, 6.07) is 0. The summed E-state index contributed by atoms with van der Waals surface area (Å²) in [6.07, 6.45) is 2.11. The van der Waals surface area contributed by atoms with Gasteiger partial charge in [0.2, 0.25) is 0 Å². The van der Waals surface area contributed by atoms with E-state index >= 15 is 0 Å². The predicted octanol–water partition coefficient (Wildman–Crippen LogP) is 4.66. The van der Waals surface area contributed by atoms with Gasteiger partial charge in [0.15, 0.2) is 0 Å². The number of hydrogen-bond donors (Lipinski definition) is 0. The smallest absolute Gasteiger partial charge is 0.0606 e. The molecule has 0 aliphatic carbocycles. The maximum absolute atomic E-state index is 5.72. The normalized spacial score (nSPS) is 19.4. The monoisotopic (exact) mass is 297 g/mol. The molecule has 0 aromatic heterocycles. The van der Waals surface area contributed by atoms with Crippen molar-refractivity contribution in [2.45, 2.75) is 66.6 Å². The molecule has 2 nitrogen and oxygen atoms in total. The first kappa shape index (κ1) is 17.9. The molecule has 0 aliphatic rings. The molecule has 5 heteroatoms. The van der Waals surface area contributed by atoms with Crippen LogP contribution in [0.2, 0.25) is 0 Å². The van der Waals surface area contributed by atoms with Gasteiger partial charge in [0, 0.05) is 0 Å². The van der Waals surface area contributed by atoms with Crippen LogP contribution in [-0.2, 0) is 33.1 Å². The zero-order valence-corrected chi connectivity index (χ0v) is 14.3. The fourth-order valence-electron chi connectivity index (χ4n) is 1.88. The van der Waals surface area contributed by atoms with Gasteiger partial charge in [0.1, 0.15) is 0 Å². The van der Waals surface area contributed by atoms with Crippen LogP contribution in [0, 0.1) is 11.8 Å². The topological polar surface area (TPSA) is 18.5 Å². The lowest BCUT2D eigenvalue weighted by Gasteiger charge is -2.35. The third kappa shape index (κ3) is 10.5. The Morgan fingerprint density at radius 1 is 0.882 bits per heavy atom. The van der Waals surface area contributed by atoms with E-state index in [2.05, 4.69) is 27.7 Å². The quantitative estimate of drug-likeness (QED) is 0.479. The van der Waals surface area contributed by atoms with Crippen LogP contribution in [0.3, 0.4) is 0 Å². The SMILES string of the molecule is CC(C)CC(C)OP(=S)([S-])OC(C)CC(C)C. The molecule has 0 aromatic carbocycles. The minimum absolute atomic E-state index is 0.0876. The first-order valence-electron chi connectivity index (χ1n) is 6.30. The predicted molar refractivity (Wildman–Crippen MR) is 81.7 cm³/mol. The van der Waals surface area contributed by atoms with Crippen molar-refractivity contribution in [3.8, 4) is 0 Å². The Labute approximate surface area is 117 Å². The van der Waals surface area contributed by atoms with E-state index in [-0.39, 0.29) is 12.2 Å². The summed E-state index contributed by atoms with van der Waals surface area (Å²) in [5.74, 6) is 1.17. The van der Waals surface area contributed by atoms with Gasteiger partial charge < -0.3 is 21.3 Å². The van der Waals surface area contributed by atoms with Gasteiger partial charge in [-0.25, -0.2) is 0 Å². The molecule has 104 valence electrons. The van der Waals surface area contributed by atoms with Crippen LogP contribution in [0.4, 0.5) is 0 Å². The maximum Gasteiger partial charge on any atom is 0.0606 e. The third-order valence-corrected chi connectivity index (χ3v) is 4.49. The van der Waals surface area contributed by atoms with E-state index in [9.17, 15) is 0 Å². The molecule has 0 fully saturated rings. The average molecular weight is 297 g/mol. The molecule has 0 aromatic rings. The second-order valence-corrected chi connectivity index (χ2v) is 10.4. The van der Waals surface area contributed by atoms with Crippen LogP contribution in [0.1, 0.15) is 54.4 Å². The minimum Gasteiger partial charge on any atom is -0.691 e. The van der Waals surface area contributed by atoms with Crippen molar-refractivity contribution < 1.29 is 9.05 Å². The second kappa shape index (κ2) is 8.16. The zero-order chi connectivity index (χ0) is 13.6. The van der Waals surface area contributed by atoms with Crippen molar-refractivity contribution in [2.75, 3.05) is 0 Å². The molecule has 17 heavy (non-hydrogen) atoms. The molecular formula is C12H26O2PS2-. The van der Waals surface area contributed by atoms with E-state index in [0.29, 0.717) is 11.8 Å². The number of rotatable bonds is 8. The van der Waals surface area contributed by atoms with Gasteiger partial charge in [-0.05, 0) is 38.5 Å². The Hall–Kier alpha value is 0.920. The third-order valence-electron chi connectivity index (χ3n) is 2.22. The summed E-state index contributed by atoms with van der Waals surface area (Å²) < 4.78 is 11.4. The fraction of sp³-hybridized carbons (Fsp3) is 1.00. The largest absolute Gasteiger partial charge is 0.691 e. The van der Waals surface area contributed by atoms with E-state index in [1.54, 1.807) is 0 Å². The molecule has 2 atom stereocenters. The highest BCUT2D eigenvalue weighted by atomic mass is 32.9. The molecule has 0 rings (SSSR count). The van der Waals surface area contributed by atoms with Gasteiger partial charge in [-0.1, -0.05) is 39.5 Å². The van der Waals surface area contributed by atoms with Crippen LogP contribution in [-0.4, -0.2) is 12.2 Å². The highest BCUT2D eigenvalue weighted by molar-refractivity contribution is 8.51. The molecule has 0 bridgehead atoms. The molecule has 0 heterocycles. The van der Waals surface area contributed by atoms with Crippen LogP contribution < -0.4 is 0 Å². The van der Waals surface area contributed by atoms with Gasteiger partial charge in [-0.15, -0.1) is 0 Å². The summed E-state index contributed by atoms with van der Waals surface area (Å²) in [5, 5.41) is 0. The molecule has 0 spiro atoms. The van der Waals surface area contributed by atoms with Gasteiger partial charge in [0.05, 0.1) is 17.9 Å². The Morgan fingerprint density at radius 2 is 1.18 bits per heavy atom. The van der Waals surface area contributed by atoms with Gasteiger partial charge in [-0.2, -0.15) is 0 Å². The molecule has 0 aliphatic heterocycles. The Bertz CT molecular complexity index is 235. The van der Waals surface area contributed by atoms with Gasteiger partial charge in [-0.3, -0.25) is 0 Å². The molecule has 0 N–H and O–H groups in total. The van der Waals surface area contributed by atoms with E-state index < -0.39 is 5.69 Å². The minimum atomic E-state index is -2.50. The van der Waals surface area contributed by atoms with Crippen LogP contribution >= 0.6 is 5.69 Å². The van der Waals surface area contributed by atoms with Crippen molar-refractivity contribution in [3.05, 3.63) is 0 Å². The van der Waals surface area contributed by atoms with E-state index in [1.165, 1.54) is 0 Å². The van der Waals surface area contributed by atoms with Crippen LogP contribution in [0.5, 0.6) is 0 Å². The van der Waals surface area contributed by atoms with E-state index in [4.69, 9.17) is 33.1 Å². The van der Waals surface area contributed by atoms with Crippen LogP contribution in [0.15, 0.2) is 0 Å². The molecular weight excluding hydrogens is 271 g/mol. The van der Waals surface area contributed by atoms with Crippen molar-refractivity contribution in [1.82, 2.24) is 0 Å². The molecule has 0 radical (unpaired) electrons. The molecule has 0 saturated heterocycles. The summed E-state index contributed by atoms with van der Waals surface area (Å²) >= 11 is 10.6. The van der Waals surface area contributed by atoms with Crippen molar-refractivity contribution in [3.63, 3.8) is 0 Å². The lowest BCUT2D eigenvalue weighted by Crippen LogP contribution is -2.14. The highest BCUT2D eigenvalue weighted by Crippen LogP contribution is 2.49. The van der Waals surface area contributed by atoms with E-state index in [0.717, 1.165) is 12.8 Å². The van der Waals surface area contributed by atoms with Crippen molar-refractivity contribution >= 4 is 29.7 Å². The Kier molecular flexibility index (Phi) is 8.60. The van der Waals surface area contributed by atoms with Crippen molar-refractivity contribution in [2.24, 2.45) is 11.8 Å². The zero-order valence-electron chi connectivity index (χ0n) is 11.8. The molecule has 0 saturated carbocycles. The van der Waals surface area contributed by atoms with Crippen molar-refractivity contribution in [1.29, 1.82) is 0 Å². The first-order chi connectivity index (χ1) is 7.62. The highest BCUT2D eigenvalue weighted by Gasteiger charge is 2.14. The Morgan fingerprint density at radius 3 is 1.41 bits per heavy atom. The summed E-state index contributed by atoms with van der Waals surface area (Å²) in [6.45, 7) is 12.7. The Balaban J connectivity index is 4.14. The summed E-state index contributed by atoms with van der Waals surface area (Å²) in [4.78, 5) is 0. The lowest BCUT2D eigenvalue weighted by atomic mass is 10.1. The maximum atomic E-state index is 5.72.